The number of hydrogen-bond donors (Lipinski definition) is 1. The topological polar surface area (TPSA) is 61.2 Å². The molecule has 1 fully saturated rings. The second-order valence-corrected chi connectivity index (χ2v) is 6.04. The molecule has 3 rings (SSSR count). The van der Waals surface area contributed by atoms with E-state index in [1.54, 1.807) is 12.3 Å². The SMILES string of the molecule is N#Cc1ccc(NC[C@H]2CCN(CCOc3ccccc3)C2)nc1. The molecule has 0 radical (unpaired) electrons. The van der Waals surface area contributed by atoms with Gasteiger partial charge in [0.25, 0.3) is 0 Å². The molecule has 1 saturated heterocycles. The highest BCUT2D eigenvalue weighted by molar-refractivity contribution is 5.38. The first-order valence-electron chi connectivity index (χ1n) is 8.34. The average Bonchev–Trinajstić information content (AvgIpc) is 3.09. The van der Waals surface area contributed by atoms with Crippen LogP contribution < -0.4 is 10.1 Å². The standard InChI is InChI=1S/C19H22N4O/c20-12-16-6-7-19(21-13-16)22-14-17-8-9-23(15-17)10-11-24-18-4-2-1-3-5-18/h1-7,13,17H,8-11,14-15H2,(H,21,22)/t17-/m1/s1. The molecule has 2 heterocycles. The molecule has 124 valence electrons. The Morgan fingerprint density at radius 2 is 2.12 bits per heavy atom. The van der Waals surface area contributed by atoms with E-state index in [0.29, 0.717) is 11.5 Å². The van der Waals surface area contributed by atoms with Crippen LogP contribution in [-0.4, -0.2) is 42.7 Å². The summed E-state index contributed by atoms with van der Waals surface area (Å²) in [4.78, 5) is 6.69. The third-order valence-corrected chi connectivity index (χ3v) is 4.25. The molecule has 0 spiro atoms. The number of hydrogen-bond acceptors (Lipinski definition) is 5. The number of nitrogens with zero attached hydrogens (tertiary/aromatic N) is 3. The summed E-state index contributed by atoms with van der Waals surface area (Å²) in [5.74, 6) is 2.39. The minimum absolute atomic E-state index is 0.589. The Kier molecular flexibility index (Phi) is 5.65. The summed E-state index contributed by atoms with van der Waals surface area (Å²) in [6, 6.07) is 15.7. The molecule has 0 aliphatic carbocycles. The molecule has 5 heteroatoms. The number of pyridine rings is 1. The smallest absolute Gasteiger partial charge is 0.125 e. The van der Waals surface area contributed by atoms with Gasteiger partial charge in [-0.15, -0.1) is 0 Å². The third kappa shape index (κ3) is 4.71. The predicted octanol–water partition coefficient (Wildman–Crippen LogP) is 2.77. The second kappa shape index (κ2) is 8.32. The Labute approximate surface area is 142 Å². The second-order valence-electron chi connectivity index (χ2n) is 6.04. The van der Waals surface area contributed by atoms with Gasteiger partial charge in [0, 0.05) is 25.8 Å². The van der Waals surface area contributed by atoms with Crippen molar-refractivity contribution in [1.82, 2.24) is 9.88 Å². The highest BCUT2D eigenvalue weighted by Gasteiger charge is 2.22. The Bertz CT molecular complexity index is 666. The average molecular weight is 322 g/mol. The van der Waals surface area contributed by atoms with E-state index in [-0.39, 0.29) is 0 Å². The number of para-hydroxylation sites is 1. The van der Waals surface area contributed by atoms with Crippen LogP contribution in [0.25, 0.3) is 0 Å². The summed E-state index contributed by atoms with van der Waals surface area (Å²) in [5.41, 5.74) is 0.589. The van der Waals surface area contributed by atoms with Gasteiger partial charge in [0.2, 0.25) is 0 Å². The molecule has 0 bridgehead atoms. The first kappa shape index (κ1) is 16.3. The number of anilines is 1. The number of likely N-dealkylation sites (tertiary alicyclic amines) is 1. The minimum Gasteiger partial charge on any atom is -0.492 e. The molecule has 1 N–H and O–H groups in total. The van der Waals surface area contributed by atoms with Gasteiger partial charge in [-0.3, -0.25) is 4.90 Å². The van der Waals surface area contributed by atoms with E-state index in [1.165, 1.54) is 6.42 Å². The van der Waals surface area contributed by atoms with Crippen molar-refractivity contribution in [3.63, 3.8) is 0 Å². The van der Waals surface area contributed by atoms with Gasteiger partial charge < -0.3 is 10.1 Å². The first-order chi connectivity index (χ1) is 11.8. The maximum Gasteiger partial charge on any atom is 0.125 e. The molecule has 0 amide bonds. The monoisotopic (exact) mass is 322 g/mol. The summed E-state index contributed by atoms with van der Waals surface area (Å²) in [6.45, 7) is 4.80. The Balaban J connectivity index is 1.35. The molecular formula is C19H22N4O. The minimum atomic E-state index is 0.589. The molecule has 1 aromatic carbocycles. The Hall–Kier alpha value is -2.58. The van der Waals surface area contributed by atoms with Crippen LogP contribution in [0.1, 0.15) is 12.0 Å². The van der Waals surface area contributed by atoms with Crippen LogP contribution in [0.5, 0.6) is 5.75 Å². The molecule has 0 saturated carbocycles. The van der Waals surface area contributed by atoms with Gasteiger partial charge in [0.1, 0.15) is 24.2 Å². The quantitative estimate of drug-likeness (QED) is 0.849. The van der Waals surface area contributed by atoms with Crippen LogP contribution in [0, 0.1) is 17.2 Å². The summed E-state index contributed by atoms with van der Waals surface area (Å²) in [5, 5.41) is 12.1. The molecule has 1 aliphatic rings. The lowest BCUT2D eigenvalue weighted by molar-refractivity contribution is 0.233. The van der Waals surface area contributed by atoms with Gasteiger partial charge >= 0.3 is 0 Å². The van der Waals surface area contributed by atoms with Gasteiger partial charge in [-0.25, -0.2) is 4.98 Å². The lowest BCUT2D eigenvalue weighted by Crippen LogP contribution is -2.27. The van der Waals surface area contributed by atoms with Crippen LogP contribution in [0.15, 0.2) is 48.7 Å². The van der Waals surface area contributed by atoms with Gasteiger partial charge in [0.05, 0.1) is 5.56 Å². The number of rotatable bonds is 7. The normalized spacial score (nSPS) is 17.4. The van der Waals surface area contributed by atoms with Crippen LogP contribution in [0.4, 0.5) is 5.82 Å². The van der Waals surface area contributed by atoms with Crippen molar-refractivity contribution in [2.45, 2.75) is 6.42 Å². The van der Waals surface area contributed by atoms with Crippen molar-refractivity contribution in [1.29, 1.82) is 5.26 Å². The van der Waals surface area contributed by atoms with Crippen LogP contribution in [-0.2, 0) is 0 Å². The fourth-order valence-corrected chi connectivity index (χ4v) is 2.91. The van der Waals surface area contributed by atoms with E-state index >= 15 is 0 Å². The van der Waals surface area contributed by atoms with E-state index in [2.05, 4.69) is 21.3 Å². The van der Waals surface area contributed by atoms with Gasteiger partial charge in [-0.2, -0.15) is 5.26 Å². The lowest BCUT2D eigenvalue weighted by atomic mass is 10.1. The zero-order valence-corrected chi connectivity index (χ0v) is 13.7. The van der Waals surface area contributed by atoms with Crippen molar-refractivity contribution < 1.29 is 4.74 Å². The largest absolute Gasteiger partial charge is 0.492 e. The van der Waals surface area contributed by atoms with Crippen LogP contribution in [0.3, 0.4) is 0 Å². The van der Waals surface area contributed by atoms with Crippen molar-refractivity contribution in [2.75, 3.05) is 38.1 Å². The molecule has 5 nitrogen and oxygen atoms in total. The summed E-state index contributed by atoms with van der Waals surface area (Å²) >= 11 is 0. The van der Waals surface area contributed by atoms with E-state index in [4.69, 9.17) is 10.00 Å². The zero-order chi connectivity index (χ0) is 16.6. The fourth-order valence-electron chi connectivity index (χ4n) is 2.91. The Morgan fingerprint density at radius 3 is 2.88 bits per heavy atom. The maximum atomic E-state index is 8.78. The van der Waals surface area contributed by atoms with Gasteiger partial charge in [-0.1, -0.05) is 18.2 Å². The number of ether oxygens (including phenoxy) is 1. The molecule has 2 aromatic rings. The van der Waals surface area contributed by atoms with Crippen molar-refractivity contribution >= 4 is 5.82 Å². The van der Waals surface area contributed by atoms with E-state index < -0.39 is 0 Å². The summed E-state index contributed by atoms with van der Waals surface area (Å²) in [6.07, 6.45) is 2.79. The van der Waals surface area contributed by atoms with Crippen molar-refractivity contribution in [3.8, 4) is 11.8 Å². The fraction of sp³-hybridized carbons (Fsp3) is 0.368. The molecule has 1 aromatic heterocycles. The third-order valence-electron chi connectivity index (χ3n) is 4.25. The number of benzene rings is 1. The Morgan fingerprint density at radius 1 is 1.25 bits per heavy atom. The van der Waals surface area contributed by atoms with E-state index in [1.807, 2.05) is 36.4 Å². The molecule has 24 heavy (non-hydrogen) atoms. The first-order valence-corrected chi connectivity index (χ1v) is 8.34. The van der Waals surface area contributed by atoms with Gasteiger partial charge in [-0.05, 0) is 43.1 Å². The highest BCUT2D eigenvalue weighted by Crippen LogP contribution is 2.17. The molecule has 1 atom stereocenters. The molecule has 0 unspecified atom stereocenters. The zero-order valence-electron chi connectivity index (χ0n) is 13.7. The lowest BCUT2D eigenvalue weighted by Gasteiger charge is -2.17. The molecular weight excluding hydrogens is 300 g/mol. The summed E-state index contributed by atoms with van der Waals surface area (Å²) < 4.78 is 5.76. The van der Waals surface area contributed by atoms with E-state index in [9.17, 15) is 0 Å². The van der Waals surface area contributed by atoms with Crippen molar-refractivity contribution in [3.05, 3.63) is 54.2 Å². The number of aromatic nitrogens is 1. The number of nitriles is 1. The predicted molar refractivity (Wildman–Crippen MR) is 93.9 cm³/mol. The highest BCUT2D eigenvalue weighted by atomic mass is 16.5. The van der Waals surface area contributed by atoms with Gasteiger partial charge in [0.15, 0.2) is 0 Å². The number of nitrogens with one attached hydrogen (secondary N) is 1. The van der Waals surface area contributed by atoms with Crippen molar-refractivity contribution in [2.24, 2.45) is 5.92 Å². The molecule has 1 aliphatic heterocycles. The van der Waals surface area contributed by atoms with E-state index in [0.717, 1.165) is 44.4 Å². The van der Waals surface area contributed by atoms with Crippen LogP contribution >= 0.6 is 0 Å². The summed E-state index contributed by atoms with van der Waals surface area (Å²) in [7, 11) is 0. The maximum absolute atomic E-state index is 8.78. The van der Waals surface area contributed by atoms with Crippen LogP contribution in [0.2, 0.25) is 0 Å².